The Morgan fingerprint density at radius 1 is 1.42 bits per heavy atom. The van der Waals surface area contributed by atoms with Gasteiger partial charge < -0.3 is 0 Å². The van der Waals surface area contributed by atoms with Gasteiger partial charge in [-0.2, -0.15) is 4.91 Å². The number of carbonyl (C=O) groups is 1. The van der Waals surface area contributed by atoms with Crippen LogP contribution in [0.15, 0.2) is 5.18 Å². The summed E-state index contributed by atoms with van der Waals surface area (Å²) in [5, 5.41) is 2.79. The molecule has 0 amide bonds. The third kappa shape index (κ3) is 6.01. The summed E-state index contributed by atoms with van der Waals surface area (Å²) in [4.78, 5) is 21.1. The van der Waals surface area contributed by atoms with Crippen molar-refractivity contribution in [1.29, 1.82) is 0 Å². The van der Waals surface area contributed by atoms with Crippen LogP contribution >= 0.6 is 0 Å². The number of ketones is 1. The normalized spacial score (nSPS) is 12.5. The predicted octanol–water partition coefficient (Wildman–Crippen LogP) is 2.68. The van der Waals surface area contributed by atoms with Crippen LogP contribution < -0.4 is 0 Å². The second kappa shape index (κ2) is 6.95. The largest absolute Gasteiger partial charge is 0.300 e. The van der Waals surface area contributed by atoms with Crippen molar-refractivity contribution in [2.45, 2.75) is 52.0 Å². The van der Waals surface area contributed by atoms with Crippen molar-refractivity contribution in [3.63, 3.8) is 0 Å². The number of nitroso groups, excluding NO2 is 1. The van der Waals surface area contributed by atoms with E-state index in [1.165, 1.54) is 0 Å². The molecular formula is C9H17NO2. The minimum atomic E-state index is -0.348. The molecule has 0 heterocycles. The molecule has 1 unspecified atom stereocenters. The van der Waals surface area contributed by atoms with Crippen molar-refractivity contribution >= 4 is 5.78 Å². The maximum absolute atomic E-state index is 11.1. The van der Waals surface area contributed by atoms with Gasteiger partial charge in [0, 0.05) is 12.8 Å². The molecule has 0 radical (unpaired) electrons. The first-order valence-corrected chi connectivity index (χ1v) is 4.54. The quantitative estimate of drug-likeness (QED) is 0.436. The van der Waals surface area contributed by atoms with Gasteiger partial charge in [0.05, 0.1) is 6.04 Å². The van der Waals surface area contributed by atoms with Crippen LogP contribution in [0.4, 0.5) is 0 Å². The first-order valence-electron chi connectivity index (χ1n) is 4.54. The molecule has 0 spiro atoms. The molecule has 3 heteroatoms. The monoisotopic (exact) mass is 171 g/mol. The van der Waals surface area contributed by atoms with Crippen molar-refractivity contribution in [2.75, 3.05) is 0 Å². The zero-order valence-corrected chi connectivity index (χ0v) is 7.88. The highest BCUT2D eigenvalue weighted by Crippen LogP contribution is 2.05. The maximum Gasteiger partial charge on any atom is 0.135 e. The summed E-state index contributed by atoms with van der Waals surface area (Å²) in [7, 11) is 0. The van der Waals surface area contributed by atoms with Crippen molar-refractivity contribution in [3.05, 3.63) is 4.91 Å². The molecule has 0 aliphatic heterocycles. The highest BCUT2D eigenvalue weighted by atomic mass is 16.3. The first-order chi connectivity index (χ1) is 5.70. The molecular weight excluding hydrogens is 154 g/mol. The fourth-order valence-electron chi connectivity index (χ4n) is 1.04. The molecule has 0 N–H and O–H groups in total. The molecule has 0 fully saturated rings. The molecule has 0 rings (SSSR count). The van der Waals surface area contributed by atoms with E-state index in [0.717, 1.165) is 19.3 Å². The highest BCUT2D eigenvalue weighted by molar-refractivity contribution is 5.78. The number of unbranched alkanes of at least 4 members (excludes halogenated alkanes) is 2. The SMILES string of the molecule is CCCCCC(=O)CC(C)N=O. The van der Waals surface area contributed by atoms with Gasteiger partial charge in [0.15, 0.2) is 0 Å². The van der Waals surface area contributed by atoms with E-state index in [0.29, 0.717) is 12.8 Å². The lowest BCUT2D eigenvalue weighted by molar-refractivity contribution is -0.119. The van der Waals surface area contributed by atoms with Crippen molar-refractivity contribution in [3.8, 4) is 0 Å². The van der Waals surface area contributed by atoms with Crippen LogP contribution in [0.1, 0.15) is 46.0 Å². The lowest BCUT2D eigenvalue weighted by Crippen LogP contribution is -2.07. The Morgan fingerprint density at radius 2 is 2.08 bits per heavy atom. The van der Waals surface area contributed by atoms with E-state index in [2.05, 4.69) is 12.1 Å². The van der Waals surface area contributed by atoms with Crippen LogP contribution in [0.2, 0.25) is 0 Å². The number of nitrogens with zero attached hydrogens (tertiary/aromatic N) is 1. The van der Waals surface area contributed by atoms with Gasteiger partial charge in [-0.05, 0) is 13.3 Å². The minimum absolute atomic E-state index is 0.163. The second-order valence-corrected chi connectivity index (χ2v) is 3.15. The van der Waals surface area contributed by atoms with Crippen molar-refractivity contribution in [1.82, 2.24) is 0 Å². The van der Waals surface area contributed by atoms with Gasteiger partial charge in [0.2, 0.25) is 0 Å². The van der Waals surface area contributed by atoms with Crippen LogP contribution in [0, 0.1) is 4.91 Å². The third-order valence-electron chi connectivity index (χ3n) is 1.76. The predicted molar refractivity (Wildman–Crippen MR) is 49.0 cm³/mol. The number of hydrogen-bond donors (Lipinski definition) is 0. The molecule has 0 aliphatic rings. The summed E-state index contributed by atoms with van der Waals surface area (Å²) in [5.41, 5.74) is 0. The van der Waals surface area contributed by atoms with Crippen molar-refractivity contribution in [2.24, 2.45) is 5.18 Å². The Balaban J connectivity index is 3.39. The van der Waals surface area contributed by atoms with Gasteiger partial charge in [0.25, 0.3) is 0 Å². The first kappa shape index (κ1) is 11.3. The fourth-order valence-corrected chi connectivity index (χ4v) is 1.04. The lowest BCUT2D eigenvalue weighted by Gasteiger charge is -2.00. The zero-order valence-electron chi connectivity index (χ0n) is 7.88. The van der Waals surface area contributed by atoms with Gasteiger partial charge in [0.1, 0.15) is 5.78 Å². The third-order valence-corrected chi connectivity index (χ3v) is 1.76. The zero-order chi connectivity index (χ0) is 9.40. The van der Waals surface area contributed by atoms with E-state index in [1.54, 1.807) is 6.92 Å². The van der Waals surface area contributed by atoms with E-state index >= 15 is 0 Å². The average molecular weight is 171 g/mol. The van der Waals surface area contributed by atoms with E-state index in [-0.39, 0.29) is 11.8 Å². The summed E-state index contributed by atoms with van der Waals surface area (Å²) >= 11 is 0. The smallest absolute Gasteiger partial charge is 0.135 e. The van der Waals surface area contributed by atoms with Gasteiger partial charge in [-0.1, -0.05) is 24.9 Å². The van der Waals surface area contributed by atoms with Gasteiger partial charge in [-0.25, -0.2) is 0 Å². The molecule has 0 saturated carbocycles. The lowest BCUT2D eigenvalue weighted by atomic mass is 10.1. The minimum Gasteiger partial charge on any atom is -0.300 e. The molecule has 0 saturated heterocycles. The molecule has 70 valence electrons. The van der Waals surface area contributed by atoms with E-state index in [4.69, 9.17) is 0 Å². The maximum atomic E-state index is 11.1. The van der Waals surface area contributed by atoms with Gasteiger partial charge >= 0.3 is 0 Å². The van der Waals surface area contributed by atoms with E-state index < -0.39 is 0 Å². The van der Waals surface area contributed by atoms with Crippen LogP contribution in [0.3, 0.4) is 0 Å². The average Bonchev–Trinajstić information content (AvgIpc) is 2.05. The number of Topliss-reactive ketones (excluding diaryl/α,β-unsaturated/α-hetero) is 1. The molecule has 0 aromatic carbocycles. The Morgan fingerprint density at radius 3 is 2.58 bits per heavy atom. The standard InChI is InChI=1S/C9H17NO2/c1-3-4-5-6-9(11)7-8(2)10-12/h8H,3-7H2,1-2H3. The van der Waals surface area contributed by atoms with Crippen molar-refractivity contribution < 1.29 is 4.79 Å². The Kier molecular flexibility index (Phi) is 6.53. The summed E-state index contributed by atoms with van der Waals surface area (Å²) in [6.45, 7) is 3.77. The molecule has 12 heavy (non-hydrogen) atoms. The summed E-state index contributed by atoms with van der Waals surface area (Å²) < 4.78 is 0. The summed E-state index contributed by atoms with van der Waals surface area (Å²) in [6, 6.07) is -0.348. The molecule has 1 atom stereocenters. The Bertz CT molecular complexity index is 145. The summed E-state index contributed by atoms with van der Waals surface area (Å²) in [6.07, 6.45) is 4.07. The molecule has 3 nitrogen and oxygen atoms in total. The van der Waals surface area contributed by atoms with Crippen LogP contribution in [-0.4, -0.2) is 11.8 Å². The van der Waals surface area contributed by atoms with E-state index in [9.17, 15) is 9.70 Å². The van der Waals surface area contributed by atoms with E-state index in [1.807, 2.05) is 0 Å². The Hall–Kier alpha value is -0.730. The summed E-state index contributed by atoms with van der Waals surface area (Å²) in [5.74, 6) is 0.163. The fraction of sp³-hybridized carbons (Fsp3) is 0.889. The number of rotatable bonds is 7. The topological polar surface area (TPSA) is 46.5 Å². The molecule has 0 aromatic rings. The number of carbonyl (C=O) groups excluding carboxylic acids is 1. The van der Waals surface area contributed by atoms with Crippen LogP contribution in [0.25, 0.3) is 0 Å². The Labute approximate surface area is 73.5 Å². The van der Waals surface area contributed by atoms with Gasteiger partial charge in [-0.3, -0.25) is 4.79 Å². The molecule has 0 aromatic heterocycles. The molecule has 0 bridgehead atoms. The molecule has 0 aliphatic carbocycles. The number of hydrogen-bond acceptors (Lipinski definition) is 3. The van der Waals surface area contributed by atoms with Crippen LogP contribution in [0.5, 0.6) is 0 Å². The van der Waals surface area contributed by atoms with Gasteiger partial charge in [-0.15, -0.1) is 0 Å². The second-order valence-electron chi connectivity index (χ2n) is 3.15. The highest BCUT2D eigenvalue weighted by Gasteiger charge is 2.07. The van der Waals surface area contributed by atoms with Crippen LogP contribution in [-0.2, 0) is 4.79 Å².